The second-order valence-electron chi connectivity index (χ2n) is 7.46. The van der Waals surface area contributed by atoms with Crippen molar-refractivity contribution in [1.29, 1.82) is 0 Å². The summed E-state index contributed by atoms with van der Waals surface area (Å²) in [5.41, 5.74) is 7.16. The number of fused-ring (bicyclic) bond motifs is 4. The van der Waals surface area contributed by atoms with Gasteiger partial charge in [0, 0.05) is 28.4 Å². The fraction of sp³-hybridized carbons (Fsp3) is 0.0800. The molecule has 5 heteroatoms. The van der Waals surface area contributed by atoms with Crippen LogP contribution in [0.25, 0.3) is 50.2 Å². The molecule has 6 aromatic rings. The highest BCUT2D eigenvalue weighted by Gasteiger charge is 2.20. The first-order valence-electron chi connectivity index (χ1n) is 9.89. The number of pyridine rings is 2. The second-order valence-corrected chi connectivity index (χ2v) is 7.46. The van der Waals surface area contributed by atoms with Gasteiger partial charge in [-0.2, -0.15) is 0 Å². The molecule has 2 aromatic carbocycles. The quantitative estimate of drug-likeness (QED) is 0.364. The van der Waals surface area contributed by atoms with Crippen LogP contribution in [0, 0.1) is 13.8 Å². The van der Waals surface area contributed by atoms with Crippen LogP contribution in [-0.4, -0.2) is 19.5 Å². The summed E-state index contributed by atoms with van der Waals surface area (Å²) in [5.74, 6) is 0.827. The zero-order valence-electron chi connectivity index (χ0n) is 16.6. The molecule has 5 nitrogen and oxygen atoms in total. The number of nitrogens with zero attached hydrogens (tertiary/aromatic N) is 4. The van der Waals surface area contributed by atoms with Crippen LogP contribution in [0.15, 0.2) is 77.3 Å². The molecule has 0 aliphatic heterocycles. The van der Waals surface area contributed by atoms with Gasteiger partial charge in [0.15, 0.2) is 0 Å². The molecule has 0 amide bonds. The van der Waals surface area contributed by atoms with Crippen LogP contribution in [-0.2, 0) is 0 Å². The van der Waals surface area contributed by atoms with E-state index in [1.807, 2.05) is 56.4 Å². The van der Waals surface area contributed by atoms with Crippen molar-refractivity contribution in [3.05, 3.63) is 84.3 Å². The highest BCUT2D eigenvalue weighted by atomic mass is 16.3. The lowest BCUT2D eigenvalue weighted by Crippen LogP contribution is -1.97. The number of para-hydroxylation sites is 2. The van der Waals surface area contributed by atoms with Gasteiger partial charge < -0.3 is 4.42 Å². The van der Waals surface area contributed by atoms with Crippen LogP contribution in [0.4, 0.5) is 0 Å². The molecule has 0 aliphatic rings. The third kappa shape index (κ3) is 2.38. The lowest BCUT2D eigenvalue weighted by atomic mass is 10.1. The Kier molecular flexibility index (Phi) is 3.53. The minimum Gasteiger partial charge on any atom is -0.437 e. The Balaban J connectivity index is 1.75. The summed E-state index contributed by atoms with van der Waals surface area (Å²) in [4.78, 5) is 14.0. The molecule has 0 spiro atoms. The Hall–Kier alpha value is -3.99. The lowest BCUT2D eigenvalue weighted by Gasteiger charge is -2.09. The number of furan rings is 1. The minimum absolute atomic E-state index is 0.651. The van der Waals surface area contributed by atoms with Gasteiger partial charge >= 0.3 is 0 Å². The summed E-state index contributed by atoms with van der Waals surface area (Å²) in [6, 6.07) is 22.5. The van der Waals surface area contributed by atoms with Crippen molar-refractivity contribution in [2.75, 3.05) is 0 Å². The van der Waals surface area contributed by atoms with E-state index in [-0.39, 0.29) is 0 Å². The van der Waals surface area contributed by atoms with E-state index in [9.17, 15) is 0 Å². The maximum absolute atomic E-state index is 6.26. The first-order valence-corrected chi connectivity index (χ1v) is 9.89. The highest BCUT2D eigenvalue weighted by Crippen LogP contribution is 2.37. The van der Waals surface area contributed by atoms with E-state index in [0.29, 0.717) is 5.71 Å². The summed E-state index contributed by atoms with van der Waals surface area (Å²) >= 11 is 0. The standard InChI is InChI=1S/C25H18N4O/c1-15-11-12-19-18-9-6-10-20(23(18)30-25(19)27-15)24-28-22-16(2)26-14-13-21(22)29(24)17-7-4-3-5-8-17/h3-14H,1-2H3. The number of aryl methyl sites for hydroxylation is 2. The molecule has 0 radical (unpaired) electrons. The number of rotatable bonds is 2. The van der Waals surface area contributed by atoms with Crippen LogP contribution < -0.4 is 0 Å². The zero-order chi connectivity index (χ0) is 20.2. The topological polar surface area (TPSA) is 56.7 Å². The first kappa shape index (κ1) is 16.9. The molecular weight excluding hydrogens is 372 g/mol. The normalized spacial score (nSPS) is 11.7. The second kappa shape index (κ2) is 6.26. The van der Waals surface area contributed by atoms with E-state index >= 15 is 0 Å². The van der Waals surface area contributed by atoms with Crippen LogP contribution >= 0.6 is 0 Å². The molecule has 30 heavy (non-hydrogen) atoms. The predicted octanol–water partition coefficient (Wildman–Crippen LogP) is 6.00. The highest BCUT2D eigenvalue weighted by molar-refractivity contribution is 6.08. The predicted molar refractivity (Wildman–Crippen MR) is 119 cm³/mol. The summed E-state index contributed by atoms with van der Waals surface area (Å²) in [6.45, 7) is 3.96. The summed E-state index contributed by atoms with van der Waals surface area (Å²) < 4.78 is 8.43. The van der Waals surface area contributed by atoms with Gasteiger partial charge in [-0.25, -0.2) is 9.97 Å². The van der Waals surface area contributed by atoms with Crippen molar-refractivity contribution in [3.63, 3.8) is 0 Å². The van der Waals surface area contributed by atoms with Crippen molar-refractivity contribution in [2.45, 2.75) is 13.8 Å². The number of imidazole rings is 1. The summed E-state index contributed by atoms with van der Waals surface area (Å²) in [6.07, 6.45) is 1.83. The summed E-state index contributed by atoms with van der Waals surface area (Å²) in [5, 5.41) is 2.05. The van der Waals surface area contributed by atoms with Crippen molar-refractivity contribution < 1.29 is 4.42 Å². The average molecular weight is 390 g/mol. The van der Waals surface area contributed by atoms with E-state index in [0.717, 1.165) is 55.9 Å². The fourth-order valence-electron chi connectivity index (χ4n) is 4.10. The molecule has 0 N–H and O–H groups in total. The van der Waals surface area contributed by atoms with E-state index < -0.39 is 0 Å². The van der Waals surface area contributed by atoms with E-state index in [2.05, 4.69) is 44.9 Å². The SMILES string of the molecule is Cc1ccc2c(n1)oc1c(-c3nc4c(C)nccc4n3-c3ccccc3)cccc12. The molecule has 144 valence electrons. The monoisotopic (exact) mass is 390 g/mol. The van der Waals surface area contributed by atoms with Gasteiger partial charge in [0.05, 0.1) is 16.8 Å². The first-order chi connectivity index (χ1) is 14.7. The van der Waals surface area contributed by atoms with Crippen LogP contribution in [0.1, 0.15) is 11.4 Å². The van der Waals surface area contributed by atoms with Crippen LogP contribution in [0.5, 0.6) is 0 Å². The van der Waals surface area contributed by atoms with E-state index in [4.69, 9.17) is 9.40 Å². The van der Waals surface area contributed by atoms with Crippen molar-refractivity contribution in [2.24, 2.45) is 0 Å². The molecule has 6 rings (SSSR count). The maximum Gasteiger partial charge on any atom is 0.227 e. The van der Waals surface area contributed by atoms with Gasteiger partial charge in [-0.15, -0.1) is 0 Å². The van der Waals surface area contributed by atoms with Crippen LogP contribution in [0.3, 0.4) is 0 Å². The van der Waals surface area contributed by atoms with Crippen molar-refractivity contribution in [1.82, 2.24) is 19.5 Å². The molecule has 4 heterocycles. The Bertz CT molecular complexity index is 1560. The largest absolute Gasteiger partial charge is 0.437 e. The van der Waals surface area contributed by atoms with E-state index in [1.54, 1.807) is 0 Å². The molecule has 0 saturated heterocycles. The maximum atomic E-state index is 6.26. The fourth-order valence-corrected chi connectivity index (χ4v) is 4.10. The van der Waals surface area contributed by atoms with Crippen molar-refractivity contribution in [3.8, 4) is 17.1 Å². The molecule has 0 atom stereocenters. The minimum atomic E-state index is 0.651. The third-order valence-electron chi connectivity index (χ3n) is 5.52. The third-order valence-corrected chi connectivity index (χ3v) is 5.52. The zero-order valence-corrected chi connectivity index (χ0v) is 16.6. The van der Waals surface area contributed by atoms with Gasteiger partial charge in [0.1, 0.15) is 16.9 Å². The Morgan fingerprint density at radius 1 is 0.800 bits per heavy atom. The van der Waals surface area contributed by atoms with Gasteiger partial charge in [-0.1, -0.05) is 30.3 Å². The van der Waals surface area contributed by atoms with Crippen LogP contribution in [0.2, 0.25) is 0 Å². The molecule has 0 unspecified atom stereocenters. The van der Waals surface area contributed by atoms with Gasteiger partial charge in [0.2, 0.25) is 5.71 Å². The molecule has 0 aliphatic carbocycles. The number of benzene rings is 2. The lowest BCUT2D eigenvalue weighted by molar-refractivity contribution is 0.653. The van der Waals surface area contributed by atoms with Gasteiger partial charge in [0.25, 0.3) is 0 Å². The van der Waals surface area contributed by atoms with E-state index in [1.165, 1.54) is 0 Å². The number of aromatic nitrogens is 4. The Morgan fingerprint density at radius 3 is 2.53 bits per heavy atom. The summed E-state index contributed by atoms with van der Waals surface area (Å²) in [7, 11) is 0. The number of hydrogen-bond acceptors (Lipinski definition) is 4. The smallest absolute Gasteiger partial charge is 0.227 e. The molecule has 0 bridgehead atoms. The Labute approximate surface area is 172 Å². The molecular formula is C25H18N4O. The average Bonchev–Trinajstić information content (AvgIpc) is 3.33. The van der Waals surface area contributed by atoms with Crippen molar-refractivity contribution >= 4 is 33.1 Å². The molecule has 4 aromatic heterocycles. The molecule has 0 saturated carbocycles. The van der Waals surface area contributed by atoms with Gasteiger partial charge in [-0.05, 0) is 50.2 Å². The number of hydrogen-bond donors (Lipinski definition) is 0. The molecule has 0 fully saturated rings. The Morgan fingerprint density at radius 2 is 1.67 bits per heavy atom. The van der Waals surface area contributed by atoms with Gasteiger partial charge in [-0.3, -0.25) is 9.55 Å².